The van der Waals surface area contributed by atoms with E-state index in [4.69, 9.17) is 10.3 Å². The number of benzene rings is 1. The molecule has 0 unspecified atom stereocenters. The maximum Gasteiger partial charge on any atom is 0.260 e. The third-order valence-corrected chi connectivity index (χ3v) is 4.71. The Balaban J connectivity index is 1.84. The van der Waals surface area contributed by atoms with Crippen molar-refractivity contribution in [2.45, 2.75) is 19.8 Å². The Bertz CT molecular complexity index is 766. The molecular weight excluding hydrogens is 350 g/mol. The van der Waals surface area contributed by atoms with Gasteiger partial charge in [0.15, 0.2) is 5.82 Å². The second-order valence-corrected chi connectivity index (χ2v) is 6.75. The zero-order chi connectivity index (χ0) is 14.8. The maximum atomic E-state index is 6.02. The Morgan fingerprint density at radius 3 is 2.90 bits per heavy atom. The van der Waals surface area contributed by atoms with Crippen molar-refractivity contribution in [3.8, 4) is 11.5 Å². The van der Waals surface area contributed by atoms with Crippen LogP contribution in [-0.4, -0.2) is 10.1 Å². The van der Waals surface area contributed by atoms with Crippen LogP contribution in [0.15, 0.2) is 39.3 Å². The summed E-state index contributed by atoms with van der Waals surface area (Å²) in [5, 5.41) is 4.77. The molecule has 0 aliphatic heterocycles. The predicted molar refractivity (Wildman–Crippen MR) is 88.3 cm³/mol. The van der Waals surface area contributed by atoms with Crippen LogP contribution in [0.4, 0.5) is 5.00 Å². The molecule has 2 N–H and O–H groups in total. The first kappa shape index (κ1) is 14.3. The number of nitrogens with two attached hydrogens (primary N) is 1. The minimum Gasteiger partial charge on any atom is -0.390 e. The van der Waals surface area contributed by atoms with Gasteiger partial charge < -0.3 is 10.3 Å². The van der Waals surface area contributed by atoms with Crippen molar-refractivity contribution in [1.29, 1.82) is 0 Å². The largest absolute Gasteiger partial charge is 0.390 e. The first-order chi connectivity index (χ1) is 10.2. The molecule has 108 valence electrons. The molecule has 6 heteroatoms. The normalized spacial score (nSPS) is 11.0. The zero-order valence-electron chi connectivity index (χ0n) is 11.5. The van der Waals surface area contributed by atoms with Crippen molar-refractivity contribution in [3.63, 3.8) is 0 Å². The van der Waals surface area contributed by atoms with Crippen LogP contribution < -0.4 is 5.73 Å². The number of hydrogen-bond acceptors (Lipinski definition) is 5. The molecular formula is C15H14BrN3OS. The average Bonchev–Trinajstić information content (AvgIpc) is 3.05. The van der Waals surface area contributed by atoms with Crippen LogP contribution in [0.5, 0.6) is 0 Å². The van der Waals surface area contributed by atoms with Crippen molar-refractivity contribution >= 4 is 32.3 Å². The molecule has 1 aromatic carbocycles. The Hall–Kier alpha value is -1.66. The molecule has 0 aliphatic rings. The van der Waals surface area contributed by atoms with E-state index < -0.39 is 0 Å². The highest BCUT2D eigenvalue weighted by molar-refractivity contribution is 9.10. The summed E-state index contributed by atoms with van der Waals surface area (Å²) in [6.07, 6.45) is 1.58. The Kier molecular flexibility index (Phi) is 4.07. The number of aryl methyl sites for hydroxylation is 1. The maximum absolute atomic E-state index is 6.02. The van der Waals surface area contributed by atoms with Crippen LogP contribution in [0.25, 0.3) is 11.5 Å². The fraction of sp³-hybridized carbons (Fsp3) is 0.200. The molecule has 21 heavy (non-hydrogen) atoms. The molecule has 4 nitrogen and oxygen atoms in total. The molecule has 0 saturated heterocycles. The number of thiophene rings is 1. The third-order valence-electron chi connectivity index (χ3n) is 3.11. The summed E-state index contributed by atoms with van der Waals surface area (Å²) in [7, 11) is 0. The number of aromatic nitrogens is 2. The lowest BCUT2D eigenvalue weighted by molar-refractivity contribution is 0.424. The first-order valence-electron chi connectivity index (χ1n) is 6.61. The Morgan fingerprint density at radius 2 is 2.19 bits per heavy atom. The molecule has 0 spiro atoms. The van der Waals surface area contributed by atoms with E-state index in [1.807, 2.05) is 30.3 Å². The van der Waals surface area contributed by atoms with Gasteiger partial charge in [0.2, 0.25) is 0 Å². The summed E-state index contributed by atoms with van der Waals surface area (Å²) < 4.78 is 6.39. The van der Waals surface area contributed by atoms with Gasteiger partial charge >= 0.3 is 0 Å². The van der Waals surface area contributed by atoms with Gasteiger partial charge in [0, 0.05) is 15.8 Å². The Morgan fingerprint density at radius 1 is 1.33 bits per heavy atom. The number of nitrogens with zero attached hydrogens (tertiary/aromatic N) is 2. The highest BCUT2D eigenvalue weighted by Gasteiger charge is 2.15. The second kappa shape index (κ2) is 5.99. The van der Waals surface area contributed by atoms with Gasteiger partial charge in [-0.2, -0.15) is 4.98 Å². The minimum atomic E-state index is 0.494. The van der Waals surface area contributed by atoms with E-state index in [-0.39, 0.29) is 0 Å². The predicted octanol–water partition coefficient (Wildman–Crippen LogP) is 4.30. The van der Waals surface area contributed by atoms with Crippen molar-refractivity contribution in [2.24, 2.45) is 0 Å². The van der Waals surface area contributed by atoms with Crippen molar-refractivity contribution in [1.82, 2.24) is 10.1 Å². The van der Waals surface area contributed by atoms with Gasteiger partial charge in [-0.05, 0) is 30.2 Å². The van der Waals surface area contributed by atoms with Crippen LogP contribution in [-0.2, 0) is 12.8 Å². The molecule has 0 amide bonds. The SMILES string of the molecule is CCc1cc(-c2nc(Cc3cccc(Br)c3)no2)c(N)s1. The molecule has 0 atom stereocenters. The summed E-state index contributed by atoms with van der Waals surface area (Å²) in [5.41, 5.74) is 7.98. The van der Waals surface area contributed by atoms with E-state index in [1.165, 1.54) is 4.88 Å². The topological polar surface area (TPSA) is 64.9 Å². The molecule has 2 heterocycles. The molecule has 0 bridgehead atoms. The number of rotatable bonds is 4. The van der Waals surface area contributed by atoms with E-state index >= 15 is 0 Å². The fourth-order valence-electron chi connectivity index (χ4n) is 2.06. The van der Waals surface area contributed by atoms with E-state index in [1.54, 1.807) is 11.3 Å². The molecule has 0 saturated carbocycles. The Labute approximate surface area is 135 Å². The highest BCUT2D eigenvalue weighted by Crippen LogP contribution is 2.33. The van der Waals surface area contributed by atoms with Gasteiger partial charge in [-0.15, -0.1) is 11.3 Å². The molecule has 0 aliphatic carbocycles. The number of nitrogen functional groups attached to an aromatic ring is 1. The summed E-state index contributed by atoms with van der Waals surface area (Å²) in [4.78, 5) is 5.66. The van der Waals surface area contributed by atoms with Gasteiger partial charge in [0.25, 0.3) is 5.89 Å². The summed E-state index contributed by atoms with van der Waals surface area (Å²) in [6.45, 7) is 2.10. The fourth-order valence-corrected chi connectivity index (χ4v) is 3.37. The van der Waals surface area contributed by atoms with Crippen LogP contribution in [0.1, 0.15) is 23.2 Å². The lowest BCUT2D eigenvalue weighted by Crippen LogP contribution is -1.91. The van der Waals surface area contributed by atoms with E-state index in [2.05, 4.69) is 33.0 Å². The third kappa shape index (κ3) is 3.16. The van der Waals surface area contributed by atoms with E-state index in [9.17, 15) is 0 Å². The zero-order valence-corrected chi connectivity index (χ0v) is 13.9. The molecule has 3 aromatic rings. The van der Waals surface area contributed by atoms with Crippen LogP contribution in [0.2, 0.25) is 0 Å². The number of halogens is 1. The molecule has 2 aromatic heterocycles. The summed E-state index contributed by atoms with van der Waals surface area (Å²) in [5.74, 6) is 1.15. The first-order valence-corrected chi connectivity index (χ1v) is 8.22. The van der Waals surface area contributed by atoms with Gasteiger partial charge in [-0.25, -0.2) is 0 Å². The molecule has 0 radical (unpaired) electrons. The second-order valence-electron chi connectivity index (χ2n) is 4.67. The van der Waals surface area contributed by atoms with Crippen molar-refractivity contribution < 1.29 is 4.52 Å². The van der Waals surface area contributed by atoms with Gasteiger partial charge in [-0.3, -0.25) is 0 Å². The van der Waals surface area contributed by atoms with Gasteiger partial charge in [0.1, 0.15) is 0 Å². The number of anilines is 1. The summed E-state index contributed by atoms with van der Waals surface area (Å²) >= 11 is 5.03. The monoisotopic (exact) mass is 363 g/mol. The average molecular weight is 364 g/mol. The van der Waals surface area contributed by atoms with Crippen LogP contribution in [0, 0.1) is 0 Å². The standard InChI is InChI=1S/C15H14BrN3OS/c1-2-11-8-12(14(17)21-11)15-18-13(19-20-15)7-9-4-3-5-10(16)6-9/h3-6,8H,2,7,17H2,1H3. The van der Waals surface area contributed by atoms with Crippen molar-refractivity contribution in [2.75, 3.05) is 5.73 Å². The van der Waals surface area contributed by atoms with Crippen LogP contribution >= 0.6 is 27.3 Å². The lowest BCUT2D eigenvalue weighted by Gasteiger charge is -1.96. The quantitative estimate of drug-likeness (QED) is 0.750. The highest BCUT2D eigenvalue weighted by atomic mass is 79.9. The minimum absolute atomic E-state index is 0.494. The summed E-state index contributed by atoms with van der Waals surface area (Å²) in [6, 6.07) is 10.1. The van der Waals surface area contributed by atoms with Gasteiger partial charge in [0.05, 0.1) is 10.6 Å². The number of hydrogen-bond donors (Lipinski definition) is 1. The molecule has 3 rings (SSSR count). The molecule has 0 fully saturated rings. The van der Waals surface area contributed by atoms with E-state index in [0.717, 1.165) is 27.0 Å². The van der Waals surface area contributed by atoms with Crippen molar-refractivity contribution in [3.05, 3.63) is 51.1 Å². The lowest BCUT2D eigenvalue weighted by atomic mass is 10.1. The van der Waals surface area contributed by atoms with E-state index in [0.29, 0.717) is 18.1 Å². The smallest absolute Gasteiger partial charge is 0.260 e. The van der Waals surface area contributed by atoms with Crippen LogP contribution in [0.3, 0.4) is 0 Å². The van der Waals surface area contributed by atoms with Gasteiger partial charge in [-0.1, -0.05) is 40.1 Å².